The molecule has 3 fully saturated rings. The molecule has 5 nitrogen and oxygen atoms in total. The topological polar surface area (TPSA) is 58.6 Å². The predicted molar refractivity (Wildman–Crippen MR) is 99.4 cm³/mol. The zero-order chi connectivity index (χ0) is 18.3. The number of carbonyl (C=O) groups is 2. The van der Waals surface area contributed by atoms with Crippen molar-refractivity contribution in [1.29, 1.82) is 0 Å². The summed E-state index contributed by atoms with van der Waals surface area (Å²) in [5, 5.41) is 3.69. The second-order valence-corrected chi connectivity index (χ2v) is 8.22. The van der Waals surface area contributed by atoms with Gasteiger partial charge in [-0.05, 0) is 62.1 Å². The molecule has 140 valence electrons. The lowest BCUT2D eigenvalue weighted by molar-refractivity contribution is -0.137. The number of ether oxygens (including phenoxy) is 1. The van der Waals surface area contributed by atoms with E-state index in [1.54, 1.807) is 25.3 Å². The van der Waals surface area contributed by atoms with Gasteiger partial charge in [0.25, 0.3) is 5.91 Å². The lowest BCUT2D eigenvalue weighted by Crippen LogP contribution is -2.57. The maximum atomic E-state index is 13.0. The van der Waals surface area contributed by atoms with E-state index >= 15 is 0 Å². The van der Waals surface area contributed by atoms with Crippen LogP contribution in [0.1, 0.15) is 42.5 Å². The number of benzene rings is 1. The molecule has 0 radical (unpaired) electrons. The maximum Gasteiger partial charge on any atom is 0.257 e. The Kier molecular flexibility index (Phi) is 4.82. The largest absolute Gasteiger partial charge is 0.496 e. The van der Waals surface area contributed by atoms with Crippen molar-refractivity contribution in [2.45, 2.75) is 38.1 Å². The van der Waals surface area contributed by atoms with Gasteiger partial charge in [-0.3, -0.25) is 9.59 Å². The van der Waals surface area contributed by atoms with E-state index in [9.17, 15) is 9.59 Å². The van der Waals surface area contributed by atoms with Gasteiger partial charge in [-0.2, -0.15) is 0 Å². The molecule has 0 aromatic heterocycles. The van der Waals surface area contributed by atoms with Crippen LogP contribution in [0.2, 0.25) is 5.02 Å². The van der Waals surface area contributed by atoms with E-state index in [0.29, 0.717) is 34.8 Å². The molecule has 0 unspecified atom stereocenters. The number of nitrogens with one attached hydrogen (secondary N) is 1. The summed E-state index contributed by atoms with van der Waals surface area (Å²) in [6, 6.07) is 5.48. The van der Waals surface area contributed by atoms with Crippen LogP contribution in [0.15, 0.2) is 18.2 Å². The summed E-state index contributed by atoms with van der Waals surface area (Å²) in [5.74, 6) is 1.56. The van der Waals surface area contributed by atoms with Gasteiger partial charge in [-0.1, -0.05) is 11.6 Å². The third-order valence-corrected chi connectivity index (χ3v) is 6.58. The summed E-state index contributed by atoms with van der Waals surface area (Å²) in [7, 11) is 1.55. The molecule has 1 aromatic rings. The second-order valence-electron chi connectivity index (χ2n) is 7.79. The van der Waals surface area contributed by atoms with E-state index in [1.807, 2.05) is 4.90 Å². The molecule has 1 N–H and O–H groups in total. The number of likely N-dealkylation sites (tertiary alicyclic amines) is 1. The van der Waals surface area contributed by atoms with Crippen LogP contribution in [0.5, 0.6) is 5.75 Å². The van der Waals surface area contributed by atoms with Crippen LogP contribution in [0.25, 0.3) is 0 Å². The quantitative estimate of drug-likeness (QED) is 0.878. The number of carbonyl (C=O) groups excluding carboxylic acids is 2. The molecular formula is C20H25ClN2O3. The van der Waals surface area contributed by atoms with Gasteiger partial charge < -0.3 is 15.0 Å². The number of hydrogen-bond donors (Lipinski definition) is 1. The first kappa shape index (κ1) is 17.7. The number of hydrogen-bond acceptors (Lipinski definition) is 3. The van der Waals surface area contributed by atoms with Crippen molar-refractivity contribution in [2.75, 3.05) is 20.2 Å². The minimum absolute atomic E-state index is 0.0532. The molecule has 1 heterocycles. The molecule has 6 heteroatoms. The Hall–Kier alpha value is -1.75. The molecule has 1 aliphatic heterocycles. The Morgan fingerprint density at radius 1 is 1.27 bits per heavy atom. The van der Waals surface area contributed by atoms with E-state index in [0.717, 1.165) is 32.2 Å². The highest BCUT2D eigenvalue weighted by atomic mass is 35.5. The molecule has 1 saturated heterocycles. The van der Waals surface area contributed by atoms with Gasteiger partial charge in [0.2, 0.25) is 5.91 Å². The van der Waals surface area contributed by atoms with E-state index in [2.05, 4.69) is 5.32 Å². The van der Waals surface area contributed by atoms with E-state index in [1.165, 1.54) is 6.42 Å². The van der Waals surface area contributed by atoms with E-state index in [-0.39, 0.29) is 23.7 Å². The van der Waals surface area contributed by atoms with Gasteiger partial charge in [-0.15, -0.1) is 0 Å². The fourth-order valence-corrected chi connectivity index (χ4v) is 4.62. The molecule has 2 aliphatic carbocycles. The van der Waals surface area contributed by atoms with Crippen molar-refractivity contribution in [3.05, 3.63) is 28.8 Å². The fourth-order valence-electron chi connectivity index (χ4n) is 4.45. The molecule has 0 bridgehead atoms. The number of rotatable bonds is 4. The highest BCUT2D eigenvalue weighted by Gasteiger charge is 2.48. The van der Waals surface area contributed by atoms with Gasteiger partial charge in [0.1, 0.15) is 5.75 Å². The average Bonchev–Trinajstić information content (AvgIpc) is 2.58. The number of amides is 2. The molecule has 3 aliphatic rings. The van der Waals surface area contributed by atoms with Crippen molar-refractivity contribution in [3.8, 4) is 5.75 Å². The van der Waals surface area contributed by atoms with Crippen LogP contribution in [0.3, 0.4) is 0 Å². The zero-order valence-electron chi connectivity index (χ0n) is 15.0. The van der Waals surface area contributed by atoms with Gasteiger partial charge in [0.15, 0.2) is 0 Å². The Morgan fingerprint density at radius 3 is 2.77 bits per heavy atom. The lowest BCUT2D eigenvalue weighted by atomic mass is 9.61. The van der Waals surface area contributed by atoms with E-state index < -0.39 is 0 Å². The van der Waals surface area contributed by atoms with Crippen LogP contribution in [-0.2, 0) is 4.79 Å². The molecule has 26 heavy (non-hydrogen) atoms. The van der Waals surface area contributed by atoms with Crippen LogP contribution >= 0.6 is 11.6 Å². The number of fused-ring (bicyclic) bond motifs is 1. The SMILES string of the molecule is COc1ccc(Cl)cc1C(=O)N1CC[C@@H]2C[C@@H](C(=O)NC3CCC3)[C@@H]2C1. The Labute approximate surface area is 159 Å². The number of nitrogens with zero attached hydrogens (tertiary/aromatic N) is 1. The van der Waals surface area contributed by atoms with Crippen LogP contribution in [-0.4, -0.2) is 43.0 Å². The van der Waals surface area contributed by atoms with Gasteiger partial charge in [0, 0.05) is 30.1 Å². The predicted octanol–water partition coefficient (Wildman–Crippen LogP) is 3.12. The van der Waals surface area contributed by atoms with Crippen molar-refractivity contribution < 1.29 is 14.3 Å². The van der Waals surface area contributed by atoms with Crippen LogP contribution in [0, 0.1) is 17.8 Å². The molecule has 4 rings (SSSR count). The van der Waals surface area contributed by atoms with E-state index in [4.69, 9.17) is 16.3 Å². The first-order valence-corrected chi connectivity index (χ1v) is 9.88. The minimum atomic E-state index is -0.0622. The number of halogens is 1. The monoisotopic (exact) mass is 376 g/mol. The van der Waals surface area contributed by atoms with Crippen molar-refractivity contribution in [3.63, 3.8) is 0 Å². The van der Waals surface area contributed by atoms with Gasteiger partial charge >= 0.3 is 0 Å². The Balaban J connectivity index is 1.43. The molecule has 3 atom stereocenters. The summed E-state index contributed by atoms with van der Waals surface area (Å²) < 4.78 is 5.33. The first-order valence-electron chi connectivity index (χ1n) is 9.50. The summed E-state index contributed by atoms with van der Waals surface area (Å²) in [6.45, 7) is 1.37. The third-order valence-electron chi connectivity index (χ3n) is 6.35. The number of methoxy groups -OCH3 is 1. The molecular weight excluding hydrogens is 352 g/mol. The standard InChI is InChI=1S/C20H25ClN2O3/c1-26-18-6-5-13(21)10-16(18)20(25)23-8-7-12-9-15(17(12)11-23)19(24)22-14-3-2-4-14/h5-6,10,12,14-15,17H,2-4,7-9,11H2,1H3,(H,22,24)/t12-,15-,17-/m1/s1. The minimum Gasteiger partial charge on any atom is -0.496 e. The van der Waals surface area contributed by atoms with Gasteiger partial charge in [0.05, 0.1) is 12.7 Å². The third kappa shape index (κ3) is 3.18. The molecule has 2 amide bonds. The summed E-state index contributed by atoms with van der Waals surface area (Å²) in [5.41, 5.74) is 0.494. The summed E-state index contributed by atoms with van der Waals surface area (Å²) in [6.07, 6.45) is 5.35. The van der Waals surface area contributed by atoms with Crippen molar-refractivity contribution in [2.24, 2.45) is 17.8 Å². The summed E-state index contributed by atoms with van der Waals surface area (Å²) in [4.78, 5) is 27.4. The normalized spacial score (nSPS) is 27.8. The fraction of sp³-hybridized carbons (Fsp3) is 0.600. The molecule has 0 spiro atoms. The number of piperidine rings is 1. The highest BCUT2D eigenvalue weighted by Crippen LogP contribution is 2.46. The average molecular weight is 377 g/mol. The van der Waals surface area contributed by atoms with Crippen molar-refractivity contribution in [1.82, 2.24) is 10.2 Å². The van der Waals surface area contributed by atoms with Crippen LogP contribution < -0.4 is 10.1 Å². The zero-order valence-corrected chi connectivity index (χ0v) is 15.8. The summed E-state index contributed by atoms with van der Waals surface area (Å²) >= 11 is 6.07. The van der Waals surface area contributed by atoms with Gasteiger partial charge in [-0.25, -0.2) is 0 Å². The second kappa shape index (κ2) is 7.10. The van der Waals surface area contributed by atoms with Crippen molar-refractivity contribution >= 4 is 23.4 Å². The Bertz CT molecular complexity index is 719. The first-order chi connectivity index (χ1) is 12.6. The van der Waals surface area contributed by atoms with Crippen LogP contribution in [0.4, 0.5) is 0 Å². The molecule has 1 aromatic carbocycles. The Morgan fingerprint density at radius 2 is 2.08 bits per heavy atom. The smallest absolute Gasteiger partial charge is 0.257 e. The maximum absolute atomic E-state index is 13.0. The lowest BCUT2D eigenvalue weighted by Gasteiger charge is -2.50. The highest BCUT2D eigenvalue weighted by molar-refractivity contribution is 6.31. The molecule has 2 saturated carbocycles.